The van der Waals surface area contributed by atoms with E-state index in [0.29, 0.717) is 39.8 Å². The van der Waals surface area contributed by atoms with Gasteiger partial charge in [-0.15, -0.1) is 22.7 Å². The van der Waals surface area contributed by atoms with Gasteiger partial charge in [-0.2, -0.15) is 0 Å². The van der Waals surface area contributed by atoms with E-state index in [2.05, 4.69) is 0 Å². The van der Waals surface area contributed by atoms with Crippen LogP contribution in [0.15, 0.2) is 29.6 Å². The Hall–Kier alpha value is -1.61. The van der Waals surface area contributed by atoms with Crippen LogP contribution in [0.5, 0.6) is 0 Å². The van der Waals surface area contributed by atoms with Crippen molar-refractivity contribution in [2.45, 2.75) is 69.8 Å². The molecule has 3 rings (SSSR count). The van der Waals surface area contributed by atoms with Crippen molar-refractivity contribution in [3.63, 3.8) is 0 Å². The van der Waals surface area contributed by atoms with Gasteiger partial charge in [0.15, 0.2) is 0 Å². The molecular weight excluding hydrogens is 458 g/mol. The molecule has 6 nitrogen and oxygen atoms in total. The van der Waals surface area contributed by atoms with Crippen LogP contribution in [0.2, 0.25) is 4.34 Å². The van der Waals surface area contributed by atoms with Gasteiger partial charge in [0.05, 0.1) is 14.1 Å². The summed E-state index contributed by atoms with van der Waals surface area (Å²) in [5, 5.41) is 13.2. The van der Waals surface area contributed by atoms with Gasteiger partial charge in [-0.3, -0.25) is 0 Å². The van der Waals surface area contributed by atoms with Crippen LogP contribution in [-0.2, 0) is 19.9 Å². The molecule has 170 valence electrons. The Morgan fingerprint density at radius 3 is 2.32 bits per heavy atom. The Kier molecular flexibility index (Phi) is 7.35. The van der Waals surface area contributed by atoms with Crippen molar-refractivity contribution >= 4 is 46.3 Å². The summed E-state index contributed by atoms with van der Waals surface area (Å²) in [7, 11) is 1.74. The molecule has 2 heterocycles. The smallest absolute Gasteiger partial charge is 0.410 e. The Morgan fingerprint density at radius 2 is 1.81 bits per heavy atom. The van der Waals surface area contributed by atoms with Gasteiger partial charge < -0.3 is 19.5 Å². The molecule has 0 radical (unpaired) electrons. The predicted octanol–water partition coefficient (Wildman–Crippen LogP) is 5.42. The fraction of sp³-hybridized carbons (Fsp3) is 0.545. The Balaban J connectivity index is 1.64. The number of nitrogens with zero attached hydrogens (tertiary/aromatic N) is 1. The minimum atomic E-state index is -1.88. The van der Waals surface area contributed by atoms with E-state index in [1.54, 1.807) is 41.6 Å². The van der Waals surface area contributed by atoms with Crippen LogP contribution in [0, 0.1) is 0 Å². The van der Waals surface area contributed by atoms with Gasteiger partial charge in [-0.05, 0) is 70.0 Å². The number of hydrogen-bond acceptors (Lipinski definition) is 7. The molecule has 9 heteroatoms. The number of thiophene rings is 2. The number of amides is 1. The summed E-state index contributed by atoms with van der Waals surface area (Å²) in [5.41, 5.74) is -2.43. The maximum atomic E-state index is 13.1. The second kappa shape index (κ2) is 9.48. The molecule has 1 N–H and O–H groups in total. The highest BCUT2D eigenvalue weighted by molar-refractivity contribution is 7.16. The molecule has 0 saturated heterocycles. The lowest BCUT2D eigenvalue weighted by Crippen LogP contribution is -2.44. The molecule has 0 aromatic carbocycles. The zero-order valence-electron chi connectivity index (χ0n) is 18.1. The van der Waals surface area contributed by atoms with Crippen LogP contribution >= 0.6 is 34.3 Å². The molecule has 2 aromatic rings. The van der Waals surface area contributed by atoms with Gasteiger partial charge in [0.2, 0.25) is 5.60 Å². The average Bonchev–Trinajstić information content (AvgIpc) is 3.38. The quantitative estimate of drug-likeness (QED) is 0.572. The van der Waals surface area contributed by atoms with E-state index in [-0.39, 0.29) is 18.2 Å². The number of rotatable bonds is 5. The molecule has 1 amide bonds. The number of carbonyl (C=O) groups excluding carboxylic acids is 2. The molecule has 0 unspecified atom stereocenters. The van der Waals surface area contributed by atoms with E-state index < -0.39 is 17.2 Å². The second-order valence-corrected chi connectivity index (χ2v) is 11.4. The molecule has 1 fully saturated rings. The van der Waals surface area contributed by atoms with Gasteiger partial charge in [0, 0.05) is 13.1 Å². The second-order valence-electron chi connectivity index (χ2n) is 8.72. The van der Waals surface area contributed by atoms with Crippen molar-refractivity contribution in [2.75, 3.05) is 7.05 Å². The summed E-state index contributed by atoms with van der Waals surface area (Å²) in [6, 6.07) is 6.83. The SMILES string of the molecule is CN(C(=O)OC(C)(C)C)C1CCC(OC(=O)[C@](O)(c2cccs2)c2ccc(Cl)s2)CC1. The standard InChI is InChI=1S/C22H28ClNO5S2/c1-21(2,3)29-20(26)24(4)14-7-9-15(10-8-14)28-19(25)22(27,16-6-5-13-30-16)17-11-12-18(23)31-17/h5-6,11-15,27H,7-10H2,1-4H3/t14?,15?,22-/m0/s1. The van der Waals surface area contributed by atoms with Gasteiger partial charge in [-0.1, -0.05) is 17.7 Å². The Labute approximate surface area is 195 Å². The lowest BCUT2D eigenvalue weighted by atomic mass is 9.91. The van der Waals surface area contributed by atoms with Crippen molar-refractivity contribution in [3.8, 4) is 0 Å². The van der Waals surface area contributed by atoms with Crippen molar-refractivity contribution < 1.29 is 24.2 Å². The van der Waals surface area contributed by atoms with Crippen LogP contribution < -0.4 is 0 Å². The normalized spacial score (nSPS) is 21.2. The van der Waals surface area contributed by atoms with E-state index in [1.165, 1.54) is 11.3 Å². The predicted molar refractivity (Wildman–Crippen MR) is 123 cm³/mol. The molecule has 1 saturated carbocycles. The van der Waals surface area contributed by atoms with Gasteiger partial charge in [-0.25, -0.2) is 9.59 Å². The molecule has 2 aromatic heterocycles. The maximum absolute atomic E-state index is 13.1. The Bertz CT molecular complexity index is 899. The molecular formula is C22H28ClNO5S2. The summed E-state index contributed by atoms with van der Waals surface area (Å²) in [5.74, 6) is -0.697. The molecule has 31 heavy (non-hydrogen) atoms. The lowest BCUT2D eigenvalue weighted by molar-refractivity contribution is -0.169. The van der Waals surface area contributed by atoms with Crippen LogP contribution in [-0.4, -0.2) is 46.9 Å². The monoisotopic (exact) mass is 485 g/mol. The molecule has 1 aliphatic rings. The third-order valence-corrected chi connectivity index (χ3v) is 7.57. The topological polar surface area (TPSA) is 76.1 Å². The van der Waals surface area contributed by atoms with Crippen molar-refractivity contribution in [3.05, 3.63) is 43.7 Å². The van der Waals surface area contributed by atoms with E-state index >= 15 is 0 Å². The van der Waals surface area contributed by atoms with Gasteiger partial charge in [0.25, 0.3) is 0 Å². The highest BCUT2D eigenvalue weighted by Gasteiger charge is 2.45. The summed E-state index contributed by atoms with van der Waals surface area (Å²) < 4.78 is 11.7. The number of hydrogen-bond donors (Lipinski definition) is 1. The fourth-order valence-electron chi connectivity index (χ4n) is 3.59. The van der Waals surface area contributed by atoms with E-state index in [0.717, 1.165) is 11.3 Å². The average molecular weight is 486 g/mol. The number of carbonyl (C=O) groups is 2. The lowest BCUT2D eigenvalue weighted by Gasteiger charge is -2.36. The number of ether oxygens (including phenoxy) is 2. The first-order valence-corrected chi connectivity index (χ1v) is 12.3. The van der Waals surface area contributed by atoms with E-state index in [4.69, 9.17) is 21.1 Å². The minimum absolute atomic E-state index is 0.0251. The van der Waals surface area contributed by atoms with Crippen molar-refractivity contribution in [2.24, 2.45) is 0 Å². The highest BCUT2D eigenvalue weighted by Crippen LogP contribution is 2.40. The van der Waals surface area contributed by atoms with Crippen LogP contribution in [0.1, 0.15) is 56.2 Å². The highest BCUT2D eigenvalue weighted by atomic mass is 35.5. The number of esters is 1. The molecule has 1 aliphatic carbocycles. The van der Waals surface area contributed by atoms with Crippen molar-refractivity contribution in [1.29, 1.82) is 0 Å². The first kappa shape index (κ1) is 24.0. The maximum Gasteiger partial charge on any atom is 0.410 e. The number of halogens is 1. The van der Waals surface area contributed by atoms with Crippen molar-refractivity contribution in [1.82, 2.24) is 4.90 Å². The molecule has 0 bridgehead atoms. The van der Waals surface area contributed by atoms with Crippen LogP contribution in [0.25, 0.3) is 0 Å². The van der Waals surface area contributed by atoms with E-state index in [1.807, 2.05) is 20.8 Å². The summed E-state index contributed by atoms with van der Waals surface area (Å²) in [4.78, 5) is 28.0. The summed E-state index contributed by atoms with van der Waals surface area (Å²) in [6.07, 6.45) is 1.92. The third-order valence-electron chi connectivity index (χ3n) is 5.25. The first-order chi connectivity index (χ1) is 14.5. The summed E-state index contributed by atoms with van der Waals surface area (Å²) in [6.45, 7) is 5.51. The van der Waals surface area contributed by atoms with E-state index in [9.17, 15) is 14.7 Å². The van der Waals surface area contributed by atoms with Gasteiger partial charge in [0.1, 0.15) is 11.7 Å². The first-order valence-electron chi connectivity index (χ1n) is 10.2. The van der Waals surface area contributed by atoms with Crippen LogP contribution in [0.4, 0.5) is 4.79 Å². The third kappa shape index (κ3) is 5.61. The fourth-order valence-corrected chi connectivity index (χ4v) is 5.61. The molecule has 0 spiro atoms. The Morgan fingerprint density at radius 1 is 1.13 bits per heavy atom. The molecule has 1 atom stereocenters. The molecule has 0 aliphatic heterocycles. The number of aliphatic hydroxyl groups is 1. The van der Waals surface area contributed by atoms with Gasteiger partial charge >= 0.3 is 12.1 Å². The summed E-state index contributed by atoms with van der Waals surface area (Å²) >= 11 is 8.50. The zero-order valence-corrected chi connectivity index (χ0v) is 20.5. The minimum Gasteiger partial charge on any atom is -0.460 e. The largest absolute Gasteiger partial charge is 0.460 e. The zero-order chi connectivity index (χ0) is 22.8. The van der Waals surface area contributed by atoms with Crippen LogP contribution in [0.3, 0.4) is 0 Å².